The van der Waals surface area contributed by atoms with Crippen LogP contribution in [0.5, 0.6) is 0 Å². The van der Waals surface area contributed by atoms with Gasteiger partial charge in [-0.3, -0.25) is 4.68 Å². The first kappa shape index (κ1) is 12.5. The van der Waals surface area contributed by atoms with E-state index in [1.807, 2.05) is 23.5 Å². The van der Waals surface area contributed by atoms with Gasteiger partial charge in [-0.25, -0.2) is 4.98 Å². The molecule has 1 aromatic rings. The molecule has 1 atom stereocenters. The van der Waals surface area contributed by atoms with Gasteiger partial charge in [-0.2, -0.15) is 16.9 Å². The molecule has 1 unspecified atom stereocenters. The minimum atomic E-state index is 0.572. The molecule has 0 aromatic carbocycles. The third kappa shape index (κ3) is 4.66. The zero-order valence-corrected chi connectivity index (χ0v) is 10.5. The Balaban J connectivity index is 2.13. The third-order valence-corrected chi connectivity index (χ3v) is 3.36. The normalized spacial score (nSPS) is 13.0. The summed E-state index contributed by atoms with van der Waals surface area (Å²) >= 11 is 1.97. The van der Waals surface area contributed by atoms with Crippen molar-refractivity contribution in [3.8, 4) is 0 Å². The first-order chi connectivity index (χ1) is 7.24. The molecule has 1 heterocycles. The van der Waals surface area contributed by atoms with Crippen molar-refractivity contribution in [3.05, 3.63) is 12.2 Å². The Kier molecular flexibility index (Phi) is 5.71. The summed E-state index contributed by atoms with van der Waals surface area (Å²) in [4.78, 5) is 4.18. The van der Waals surface area contributed by atoms with Crippen LogP contribution in [0, 0.1) is 0 Å². The number of thioether (sulfide) groups is 1. The van der Waals surface area contributed by atoms with Crippen molar-refractivity contribution < 1.29 is 0 Å². The number of nitrogens with one attached hydrogen (secondary N) is 1. The van der Waals surface area contributed by atoms with Crippen LogP contribution in [0.4, 0.5) is 0 Å². The maximum atomic E-state index is 4.18. The van der Waals surface area contributed by atoms with E-state index in [9.17, 15) is 0 Å². The topological polar surface area (TPSA) is 42.7 Å². The van der Waals surface area contributed by atoms with Crippen molar-refractivity contribution in [2.75, 3.05) is 18.1 Å². The fourth-order valence-corrected chi connectivity index (χ4v) is 2.04. The summed E-state index contributed by atoms with van der Waals surface area (Å²) in [6.07, 6.45) is 2.54. The van der Waals surface area contributed by atoms with Gasteiger partial charge in [0.15, 0.2) is 0 Å². The van der Waals surface area contributed by atoms with Crippen molar-refractivity contribution in [2.24, 2.45) is 7.05 Å². The van der Waals surface area contributed by atoms with Crippen LogP contribution in [-0.2, 0) is 13.5 Å². The van der Waals surface area contributed by atoms with Crippen molar-refractivity contribution in [1.29, 1.82) is 0 Å². The summed E-state index contributed by atoms with van der Waals surface area (Å²) < 4.78 is 1.83. The van der Waals surface area contributed by atoms with E-state index in [1.165, 1.54) is 11.5 Å². The Morgan fingerprint density at radius 1 is 1.60 bits per heavy atom. The average molecular weight is 228 g/mol. The highest BCUT2D eigenvalue weighted by Gasteiger charge is 2.03. The molecule has 1 rings (SSSR count). The average Bonchev–Trinajstić information content (AvgIpc) is 2.61. The lowest BCUT2D eigenvalue weighted by molar-refractivity contribution is 0.576. The molecule has 4 nitrogen and oxygen atoms in total. The van der Waals surface area contributed by atoms with E-state index in [0.29, 0.717) is 6.04 Å². The number of rotatable bonds is 7. The molecular weight excluding hydrogens is 208 g/mol. The molecule has 0 radical (unpaired) electrons. The van der Waals surface area contributed by atoms with Crippen LogP contribution in [0.1, 0.15) is 19.7 Å². The van der Waals surface area contributed by atoms with Gasteiger partial charge in [-0.05, 0) is 12.7 Å². The minimum absolute atomic E-state index is 0.572. The summed E-state index contributed by atoms with van der Waals surface area (Å²) in [7, 11) is 1.93. The maximum absolute atomic E-state index is 4.18. The van der Waals surface area contributed by atoms with Gasteiger partial charge in [0, 0.05) is 31.8 Å². The van der Waals surface area contributed by atoms with Crippen LogP contribution in [0.25, 0.3) is 0 Å². The fraction of sp³-hybridized carbons (Fsp3) is 0.800. The molecule has 0 saturated heterocycles. The molecule has 15 heavy (non-hydrogen) atoms. The first-order valence-corrected chi connectivity index (χ1v) is 6.53. The van der Waals surface area contributed by atoms with Crippen LogP contribution in [-0.4, -0.2) is 38.9 Å². The second-order valence-electron chi connectivity index (χ2n) is 3.56. The fourth-order valence-electron chi connectivity index (χ4n) is 1.33. The molecule has 0 saturated carbocycles. The number of nitrogens with zero attached hydrogens (tertiary/aromatic N) is 3. The van der Waals surface area contributed by atoms with Gasteiger partial charge in [0.1, 0.15) is 12.2 Å². The van der Waals surface area contributed by atoms with Gasteiger partial charge in [0.2, 0.25) is 0 Å². The zero-order chi connectivity index (χ0) is 11.1. The van der Waals surface area contributed by atoms with Crippen LogP contribution in [0.3, 0.4) is 0 Å². The van der Waals surface area contributed by atoms with E-state index >= 15 is 0 Å². The van der Waals surface area contributed by atoms with Crippen molar-refractivity contribution in [3.63, 3.8) is 0 Å². The second-order valence-corrected chi connectivity index (χ2v) is 4.88. The lowest BCUT2D eigenvalue weighted by Gasteiger charge is -2.12. The van der Waals surface area contributed by atoms with E-state index in [0.717, 1.165) is 18.8 Å². The number of aromatic nitrogens is 3. The second kappa shape index (κ2) is 6.85. The molecule has 0 aliphatic rings. The van der Waals surface area contributed by atoms with Crippen molar-refractivity contribution in [1.82, 2.24) is 20.1 Å². The summed E-state index contributed by atoms with van der Waals surface area (Å²) in [5.41, 5.74) is 0. The smallest absolute Gasteiger partial charge is 0.138 e. The SMILES string of the molecule is CCSCC(C)NCCc1ncnn1C. The molecule has 1 N–H and O–H groups in total. The molecule has 0 aliphatic carbocycles. The first-order valence-electron chi connectivity index (χ1n) is 5.38. The monoisotopic (exact) mass is 228 g/mol. The molecular formula is C10H20N4S. The Labute approximate surface area is 95.9 Å². The number of hydrogen-bond donors (Lipinski definition) is 1. The van der Waals surface area contributed by atoms with Crippen LogP contribution < -0.4 is 5.32 Å². The van der Waals surface area contributed by atoms with Crippen molar-refractivity contribution in [2.45, 2.75) is 26.3 Å². The lowest BCUT2D eigenvalue weighted by atomic mass is 10.3. The predicted molar refractivity (Wildman–Crippen MR) is 65.2 cm³/mol. The summed E-state index contributed by atoms with van der Waals surface area (Å²) in [5.74, 6) is 3.41. The third-order valence-electron chi connectivity index (χ3n) is 2.22. The Morgan fingerprint density at radius 3 is 3.00 bits per heavy atom. The molecule has 0 aliphatic heterocycles. The van der Waals surface area contributed by atoms with Crippen LogP contribution in [0.2, 0.25) is 0 Å². The van der Waals surface area contributed by atoms with Crippen LogP contribution in [0.15, 0.2) is 6.33 Å². The van der Waals surface area contributed by atoms with Gasteiger partial charge in [-0.15, -0.1) is 0 Å². The molecule has 1 aromatic heterocycles. The summed E-state index contributed by atoms with van der Waals surface area (Å²) in [6, 6.07) is 0.572. The molecule has 0 spiro atoms. The van der Waals surface area contributed by atoms with E-state index < -0.39 is 0 Å². The standard InChI is InChI=1S/C10H20N4S/c1-4-15-7-9(2)11-6-5-10-12-8-13-14(10)3/h8-9,11H,4-7H2,1-3H3. The molecule has 86 valence electrons. The highest BCUT2D eigenvalue weighted by molar-refractivity contribution is 7.99. The molecule has 0 amide bonds. The minimum Gasteiger partial charge on any atom is -0.313 e. The van der Waals surface area contributed by atoms with Gasteiger partial charge >= 0.3 is 0 Å². The zero-order valence-electron chi connectivity index (χ0n) is 9.73. The predicted octanol–water partition coefficient (Wildman–Crippen LogP) is 1.09. The maximum Gasteiger partial charge on any atom is 0.138 e. The van der Waals surface area contributed by atoms with Gasteiger partial charge in [0.25, 0.3) is 0 Å². The van der Waals surface area contributed by atoms with Crippen molar-refractivity contribution >= 4 is 11.8 Å². The Hall–Kier alpha value is -0.550. The summed E-state index contributed by atoms with van der Waals surface area (Å²) in [6.45, 7) is 5.38. The Morgan fingerprint density at radius 2 is 2.40 bits per heavy atom. The number of aryl methyl sites for hydroxylation is 1. The van der Waals surface area contributed by atoms with Gasteiger partial charge in [0.05, 0.1) is 0 Å². The van der Waals surface area contributed by atoms with E-state index in [-0.39, 0.29) is 0 Å². The highest BCUT2D eigenvalue weighted by atomic mass is 32.2. The Bertz CT molecular complexity index is 274. The molecule has 5 heteroatoms. The molecule has 0 bridgehead atoms. The van der Waals surface area contributed by atoms with E-state index in [2.05, 4.69) is 29.2 Å². The van der Waals surface area contributed by atoms with E-state index in [1.54, 1.807) is 6.33 Å². The summed E-state index contributed by atoms with van der Waals surface area (Å²) in [5, 5.41) is 7.52. The van der Waals surface area contributed by atoms with Gasteiger partial charge < -0.3 is 5.32 Å². The highest BCUT2D eigenvalue weighted by Crippen LogP contribution is 2.01. The van der Waals surface area contributed by atoms with Gasteiger partial charge in [-0.1, -0.05) is 6.92 Å². The molecule has 0 fully saturated rings. The lowest BCUT2D eigenvalue weighted by Crippen LogP contribution is -2.30. The van der Waals surface area contributed by atoms with E-state index in [4.69, 9.17) is 0 Å². The quantitative estimate of drug-likeness (QED) is 0.758. The largest absolute Gasteiger partial charge is 0.313 e. The number of hydrogen-bond acceptors (Lipinski definition) is 4. The van der Waals surface area contributed by atoms with Crippen LogP contribution >= 0.6 is 11.8 Å².